The molecule has 0 radical (unpaired) electrons. The van der Waals surface area contributed by atoms with Crippen LogP contribution in [0.3, 0.4) is 0 Å². The predicted molar refractivity (Wildman–Crippen MR) is 77.2 cm³/mol. The SMILES string of the molecule is Cn1cc(S(=O)(=O)Nc2nc3c(s2)CCCC3)c(N)n1. The predicted octanol–water partition coefficient (Wildman–Crippen LogP) is 1.14. The maximum Gasteiger partial charge on any atom is 0.268 e. The van der Waals surface area contributed by atoms with Gasteiger partial charge in [0, 0.05) is 18.1 Å². The van der Waals surface area contributed by atoms with Gasteiger partial charge < -0.3 is 5.73 Å². The average Bonchev–Trinajstić information content (AvgIpc) is 2.91. The summed E-state index contributed by atoms with van der Waals surface area (Å²) in [4.78, 5) is 5.51. The Labute approximate surface area is 120 Å². The Morgan fingerprint density at radius 1 is 1.40 bits per heavy atom. The summed E-state index contributed by atoms with van der Waals surface area (Å²) < 4.78 is 28.4. The van der Waals surface area contributed by atoms with E-state index in [2.05, 4.69) is 14.8 Å². The highest BCUT2D eigenvalue weighted by molar-refractivity contribution is 7.93. The summed E-state index contributed by atoms with van der Waals surface area (Å²) in [6.07, 6.45) is 5.52. The Kier molecular flexibility index (Phi) is 3.17. The van der Waals surface area contributed by atoms with Crippen LogP contribution in [0, 0.1) is 0 Å². The summed E-state index contributed by atoms with van der Waals surface area (Å²) in [5, 5.41) is 4.25. The summed E-state index contributed by atoms with van der Waals surface area (Å²) >= 11 is 1.40. The second kappa shape index (κ2) is 4.74. The maximum absolute atomic E-state index is 12.3. The molecule has 0 saturated carbocycles. The van der Waals surface area contributed by atoms with Gasteiger partial charge in [-0.3, -0.25) is 9.40 Å². The van der Waals surface area contributed by atoms with Crippen LogP contribution >= 0.6 is 11.3 Å². The zero-order chi connectivity index (χ0) is 14.3. The molecule has 0 atom stereocenters. The normalized spacial score (nSPS) is 15.1. The molecule has 0 bridgehead atoms. The molecule has 0 amide bonds. The number of rotatable bonds is 3. The fraction of sp³-hybridized carbons (Fsp3) is 0.455. The van der Waals surface area contributed by atoms with Gasteiger partial charge in [-0.1, -0.05) is 0 Å². The quantitative estimate of drug-likeness (QED) is 0.884. The van der Waals surface area contributed by atoms with Crippen molar-refractivity contribution in [3.8, 4) is 0 Å². The van der Waals surface area contributed by atoms with Crippen LogP contribution in [0.5, 0.6) is 0 Å². The molecule has 2 heterocycles. The highest BCUT2D eigenvalue weighted by atomic mass is 32.2. The van der Waals surface area contributed by atoms with Gasteiger partial charge in [-0.05, 0) is 25.7 Å². The van der Waals surface area contributed by atoms with Crippen molar-refractivity contribution in [1.29, 1.82) is 0 Å². The van der Waals surface area contributed by atoms with E-state index in [0.29, 0.717) is 5.13 Å². The van der Waals surface area contributed by atoms with Gasteiger partial charge in [0.25, 0.3) is 10.0 Å². The molecule has 0 fully saturated rings. The van der Waals surface area contributed by atoms with E-state index in [0.717, 1.165) is 31.4 Å². The van der Waals surface area contributed by atoms with E-state index in [1.54, 1.807) is 7.05 Å². The van der Waals surface area contributed by atoms with Crippen LogP contribution in [0.25, 0.3) is 0 Å². The number of sulfonamides is 1. The van der Waals surface area contributed by atoms with E-state index in [9.17, 15) is 8.42 Å². The molecule has 20 heavy (non-hydrogen) atoms. The molecule has 9 heteroatoms. The Morgan fingerprint density at radius 2 is 2.15 bits per heavy atom. The van der Waals surface area contributed by atoms with Crippen molar-refractivity contribution in [3.63, 3.8) is 0 Å². The molecular formula is C11H15N5O2S2. The lowest BCUT2D eigenvalue weighted by Gasteiger charge is -2.06. The van der Waals surface area contributed by atoms with Gasteiger partial charge in [-0.25, -0.2) is 13.4 Å². The number of aromatic nitrogens is 3. The van der Waals surface area contributed by atoms with Crippen LogP contribution in [0.1, 0.15) is 23.4 Å². The fourth-order valence-corrected chi connectivity index (χ4v) is 4.65. The van der Waals surface area contributed by atoms with Gasteiger partial charge in [0.05, 0.1) is 5.69 Å². The summed E-state index contributed by atoms with van der Waals surface area (Å²) in [6.45, 7) is 0. The number of nitrogen functional groups attached to an aromatic ring is 1. The molecule has 108 valence electrons. The zero-order valence-electron chi connectivity index (χ0n) is 11.0. The molecule has 2 aromatic heterocycles. The van der Waals surface area contributed by atoms with Gasteiger partial charge in [-0.15, -0.1) is 11.3 Å². The van der Waals surface area contributed by atoms with E-state index in [4.69, 9.17) is 5.73 Å². The van der Waals surface area contributed by atoms with E-state index >= 15 is 0 Å². The lowest BCUT2D eigenvalue weighted by Crippen LogP contribution is -2.13. The standard InChI is InChI=1S/C11H15N5O2S2/c1-16-6-9(10(12)14-16)20(17,18)15-11-13-7-4-2-3-5-8(7)19-11/h6H,2-5H2,1H3,(H2,12,14)(H,13,15). The van der Waals surface area contributed by atoms with Crippen molar-refractivity contribution in [3.05, 3.63) is 16.8 Å². The van der Waals surface area contributed by atoms with Gasteiger partial charge >= 0.3 is 0 Å². The zero-order valence-corrected chi connectivity index (χ0v) is 12.6. The smallest absolute Gasteiger partial charge is 0.268 e. The summed E-state index contributed by atoms with van der Waals surface area (Å²) in [5.74, 6) is -0.0127. The summed E-state index contributed by atoms with van der Waals surface area (Å²) in [6, 6.07) is 0. The van der Waals surface area contributed by atoms with Crippen LogP contribution in [0.15, 0.2) is 11.1 Å². The highest BCUT2D eigenvalue weighted by Gasteiger charge is 2.23. The number of thiazole rings is 1. The summed E-state index contributed by atoms with van der Waals surface area (Å²) in [7, 11) is -2.11. The minimum absolute atomic E-state index is 0.0127. The fourth-order valence-electron chi connectivity index (χ4n) is 2.26. The van der Waals surface area contributed by atoms with Gasteiger partial charge in [0.15, 0.2) is 10.9 Å². The molecule has 0 aromatic carbocycles. The third kappa shape index (κ3) is 2.38. The van der Waals surface area contributed by atoms with Crippen molar-refractivity contribution in [2.24, 2.45) is 7.05 Å². The van der Waals surface area contributed by atoms with Gasteiger partial charge in [-0.2, -0.15) is 5.10 Å². The molecule has 3 N–H and O–H groups in total. The first-order valence-electron chi connectivity index (χ1n) is 6.26. The lowest BCUT2D eigenvalue weighted by molar-refractivity contribution is 0.601. The number of hydrogen-bond donors (Lipinski definition) is 2. The number of anilines is 2. The Hall–Kier alpha value is -1.61. The summed E-state index contributed by atoms with van der Waals surface area (Å²) in [5.41, 5.74) is 6.62. The van der Waals surface area contributed by atoms with Crippen LogP contribution < -0.4 is 10.5 Å². The van der Waals surface area contributed by atoms with Crippen LogP contribution in [-0.4, -0.2) is 23.2 Å². The lowest BCUT2D eigenvalue weighted by atomic mass is 10.0. The van der Waals surface area contributed by atoms with Crippen LogP contribution in [0.4, 0.5) is 10.9 Å². The first-order chi connectivity index (χ1) is 9.45. The number of nitrogens with zero attached hydrogens (tertiary/aromatic N) is 3. The number of fused-ring (bicyclic) bond motifs is 1. The molecule has 0 saturated heterocycles. The number of nitrogens with two attached hydrogens (primary N) is 1. The van der Waals surface area contributed by atoms with Crippen molar-refractivity contribution in [2.75, 3.05) is 10.5 Å². The van der Waals surface area contributed by atoms with Crippen molar-refractivity contribution < 1.29 is 8.42 Å². The number of nitrogens with one attached hydrogen (secondary N) is 1. The molecule has 7 nitrogen and oxygen atoms in total. The third-order valence-electron chi connectivity index (χ3n) is 3.18. The second-order valence-electron chi connectivity index (χ2n) is 4.75. The van der Waals surface area contributed by atoms with E-state index in [1.807, 2.05) is 0 Å². The number of hydrogen-bond acceptors (Lipinski definition) is 6. The Morgan fingerprint density at radius 3 is 2.80 bits per heavy atom. The monoisotopic (exact) mass is 313 g/mol. The van der Waals surface area contributed by atoms with Crippen LogP contribution in [-0.2, 0) is 29.9 Å². The number of aryl methyl sites for hydroxylation is 3. The van der Waals surface area contributed by atoms with Crippen molar-refractivity contribution >= 4 is 32.3 Å². The highest BCUT2D eigenvalue weighted by Crippen LogP contribution is 2.31. The van der Waals surface area contributed by atoms with Gasteiger partial charge in [0.2, 0.25) is 0 Å². The van der Waals surface area contributed by atoms with E-state index in [1.165, 1.54) is 27.1 Å². The van der Waals surface area contributed by atoms with E-state index < -0.39 is 10.0 Å². The minimum Gasteiger partial charge on any atom is -0.381 e. The first-order valence-corrected chi connectivity index (χ1v) is 8.56. The Bertz CT molecular complexity index is 723. The molecular weight excluding hydrogens is 298 g/mol. The first kappa shape index (κ1) is 13.4. The maximum atomic E-state index is 12.3. The Balaban J connectivity index is 1.90. The second-order valence-corrected chi connectivity index (χ2v) is 7.49. The topological polar surface area (TPSA) is 103 Å². The molecule has 0 unspecified atom stereocenters. The largest absolute Gasteiger partial charge is 0.381 e. The molecule has 0 spiro atoms. The molecule has 3 rings (SSSR count). The van der Waals surface area contributed by atoms with Gasteiger partial charge in [0.1, 0.15) is 4.90 Å². The molecule has 1 aliphatic rings. The van der Waals surface area contributed by atoms with Crippen molar-refractivity contribution in [1.82, 2.24) is 14.8 Å². The molecule has 2 aromatic rings. The molecule has 0 aliphatic heterocycles. The van der Waals surface area contributed by atoms with E-state index in [-0.39, 0.29) is 10.7 Å². The third-order valence-corrected chi connectivity index (χ3v) is 5.74. The minimum atomic E-state index is -3.73. The molecule has 1 aliphatic carbocycles. The average molecular weight is 313 g/mol. The van der Waals surface area contributed by atoms with Crippen LogP contribution in [0.2, 0.25) is 0 Å². The van der Waals surface area contributed by atoms with Crippen molar-refractivity contribution in [2.45, 2.75) is 30.6 Å².